The van der Waals surface area contributed by atoms with Gasteiger partial charge in [0.2, 0.25) is 5.91 Å². The quantitative estimate of drug-likeness (QED) is 0.906. The number of alkyl halides is 3. The van der Waals surface area contributed by atoms with Crippen molar-refractivity contribution in [2.24, 2.45) is 5.73 Å². The number of thiazole rings is 1. The lowest BCUT2D eigenvalue weighted by Gasteiger charge is -2.06. The molecule has 0 aliphatic heterocycles. The molecule has 0 aliphatic rings. The van der Waals surface area contributed by atoms with Crippen LogP contribution in [0.5, 0.6) is 0 Å². The predicted molar refractivity (Wildman–Crippen MR) is 78.0 cm³/mol. The molecule has 2 rings (SSSR count). The van der Waals surface area contributed by atoms with Crippen LogP contribution in [0.25, 0.3) is 10.6 Å². The molecule has 0 saturated heterocycles. The summed E-state index contributed by atoms with van der Waals surface area (Å²) in [5.41, 5.74) is 5.96. The molecule has 8 heteroatoms. The minimum absolute atomic E-state index is 0.234. The molecule has 2 aromatic rings. The maximum atomic E-state index is 12.5. The Morgan fingerprint density at radius 2 is 2.00 bits per heavy atom. The summed E-state index contributed by atoms with van der Waals surface area (Å²) >= 11 is 1.30. The molecule has 1 atom stereocenters. The van der Waals surface area contributed by atoms with Crippen LogP contribution in [-0.4, -0.2) is 16.9 Å². The smallest absolute Gasteiger partial charge is 0.349 e. The van der Waals surface area contributed by atoms with E-state index in [9.17, 15) is 18.0 Å². The summed E-state index contributed by atoms with van der Waals surface area (Å²) in [5, 5.41) is 4.96. The molecule has 0 saturated carbocycles. The van der Waals surface area contributed by atoms with Crippen molar-refractivity contribution in [2.45, 2.75) is 25.7 Å². The second-order valence-electron chi connectivity index (χ2n) is 4.73. The number of nitrogens with two attached hydrogens (primary N) is 1. The molecule has 3 N–H and O–H groups in total. The highest BCUT2D eigenvalue weighted by atomic mass is 32.1. The van der Waals surface area contributed by atoms with Gasteiger partial charge in [0.05, 0.1) is 23.8 Å². The number of carbonyl (C=O) groups excluding carboxylic acids is 1. The Bertz CT molecular complexity index is 650. The lowest BCUT2D eigenvalue weighted by Crippen LogP contribution is -2.37. The number of carbonyl (C=O) groups is 1. The Labute approximate surface area is 129 Å². The van der Waals surface area contributed by atoms with E-state index in [1.807, 2.05) is 0 Å². The first kappa shape index (κ1) is 16.4. The van der Waals surface area contributed by atoms with E-state index in [4.69, 9.17) is 5.73 Å². The summed E-state index contributed by atoms with van der Waals surface area (Å²) in [6.45, 7) is 1.81. The summed E-state index contributed by atoms with van der Waals surface area (Å²) in [5.74, 6) is -0.288. The van der Waals surface area contributed by atoms with Crippen molar-refractivity contribution < 1.29 is 18.0 Å². The van der Waals surface area contributed by atoms with Crippen molar-refractivity contribution in [3.63, 3.8) is 0 Å². The van der Waals surface area contributed by atoms with Gasteiger partial charge in [-0.15, -0.1) is 11.3 Å². The van der Waals surface area contributed by atoms with E-state index in [0.717, 1.165) is 12.1 Å². The number of nitrogens with zero attached hydrogens (tertiary/aromatic N) is 1. The third kappa shape index (κ3) is 4.05. The van der Waals surface area contributed by atoms with Crippen molar-refractivity contribution in [1.29, 1.82) is 0 Å². The van der Waals surface area contributed by atoms with Gasteiger partial charge in [-0.05, 0) is 19.1 Å². The summed E-state index contributed by atoms with van der Waals surface area (Å²) < 4.78 is 37.5. The maximum Gasteiger partial charge on any atom is 0.416 e. The number of rotatable bonds is 4. The monoisotopic (exact) mass is 329 g/mol. The number of aromatic nitrogens is 1. The predicted octanol–water partition coefficient (Wildman–Crippen LogP) is 2.79. The maximum absolute atomic E-state index is 12.5. The average molecular weight is 329 g/mol. The molecule has 22 heavy (non-hydrogen) atoms. The van der Waals surface area contributed by atoms with Crippen LogP contribution in [-0.2, 0) is 17.5 Å². The van der Waals surface area contributed by atoms with Crippen LogP contribution >= 0.6 is 11.3 Å². The minimum Gasteiger partial charge on any atom is -0.349 e. The van der Waals surface area contributed by atoms with Crippen LogP contribution in [0.4, 0.5) is 13.2 Å². The van der Waals surface area contributed by atoms with Gasteiger partial charge in [0.15, 0.2) is 0 Å². The van der Waals surface area contributed by atoms with Crippen LogP contribution in [0.3, 0.4) is 0 Å². The van der Waals surface area contributed by atoms with Crippen molar-refractivity contribution in [3.8, 4) is 10.6 Å². The molecule has 0 radical (unpaired) electrons. The molecule has 1 heterocycles. The summed E-state index contributed by atoms with van der Waals surface area (Å²) in [4.78, 5) is 15.6. The second-order valence-corrected chi connectivity index (χ2v) is 5.58. The molecular weight excluding hydrogens is 315 g/mol. The number of benzene rings is 1. The molecular formula is C14H14F3N3OS. The zero-order valence-corrected chi connectivity index (χ0v) is 12.5. The van der Waals surface area contributed by atoms with Crippen molar-refractivity contribution in [1.82, 2.24) is 10.3 Å². The van der Waals surface area contributed by atoms with Crippen LogP contribution in [0.15, 0.2) is 29.6 Å². The summed E-state index contributed by atoms with van der Waals surface area (Å²) in [6.07, 6.45) is -4.35. The highest BCUT2D eigenvalue weighted by Gasteiger charge is 2.30. The molecule has 1 aromatic heterocycles. The number of hydrogen-bond donors (Lipinski definition) is 2. The van der Waals surface area contributed by atoms with Crippen molar-refractivity contribution >= 4 is 17.2 Å². The normalized spacial score (nSPS) is 13.0. The standard InChI is InChI=1S/C14H14F3N3OS/c1-8(18)12(21)19-6-11-7-22-13(20-11)9-2-4-10(5-3-9)14(15,16)17/h2-5,7-8H,6,18H2,1H3,(H,19,21)/t8-/m1/s1. The Morgan fingerprint density at radius 1 is 1.36 bits per heavy atom. The zero-order chi connectivity index (χ0) is 16.3. The van der Waals surface area contributed by atoms with E-state index in [1.54, 1.807) is 12.3 Å². The lowest BCUT2D eigenvalue weighted by molar-refractivity contribution is -0.137. The first-order valence-corrected chi connectivity index (χ1v) is 7.30. The fraction of sp³-hybridized carbons (Fsp3) is 0.286. The van der Waals surface area contributed by atoms with Crippen molar-refractivity contribution in [3.05, 3.63) is 40.9 Å². The molecule has 118 valence electrons. The van der Waals surface area contributed by atoms with E-state index in [0.29, 0.717) is 16.3 Å². The highest BCUT2D eigenvalue weighted by molar-refractivity contribution is 7.13. The van der Waals surface area contributed by atoms with Gasteiger partial charge < -0.3 is 11.1 Å². The SMILES string of the molecule is C[C@@H](N)C(=O)NCc1csc(-c2ccc(C(F)(F)F)cc2)n1. The Kier molecular flexibility index (Phi) is 4.82. The fourth-order valence-corrected chi connectivity index (χ4v) is 2.49. The molecule has 1 amide bonds. The van der Waals surface area contributed by atoms with E-state index in [2.05, 4.69) is 10.3 Å². The van der Waals surface area contributed by atoms with Crippen LogP contribution in [0, 0.1) is 0 Å². The van der Waals surface area contributed by atoms with Crippen LogP contribution < -0.4 is 11.1 Å². The van der Waals surface area contributed by atoms with Gasteiger partial charge in [0.25, 0.3) is 0 Å². The first-order chi connectivity index (χ1) is 10.3. The van der Waals surface area contributed by atoms with Gasteiger partial charge in [-0.1, -0.05) is 12.1 Å². The molecule has 4 nitrogen and oxygen atoms in total. The molecule has 0 fully saturated rings. The zero-order valence-electron chi connectivity index (χ0n) is 11.6. The van der Waals surface area contributed by atoms with E-state index in [-0.39, 0.29) is 12.5 Å². The summed E-state index contributed by atoms with van der Waals surface area (Å²) in [7, 11) is 0. The van der Waals surface area contributed by atoms with Crippen LogP contribution in [0.2, 0.25) is 0 Å². The minimum atomic E-state index is -4.35. The number of amides is 1. The average Bonchev–Trinajstić information content (AvgIpc) is 2.92. The number of halogens is 3. The topological polar surface area (TPSA) is 68.0 Å². The molecule has 0 spiro atoms. The summed E-state index contributed by atoms with van der Waals surface area (Å²) in [6, 6.07) is 4.20. The van der Waals surface area contributed by atoms with Crippen molar-refractivity contribution in [2.75, 3.05) is 0 Å². The fourth-order valence-electron chi connectivity index (χ4n) is 1.66. The Hall–Kier alpha value is -1.93. The third-order valence-electron chi connectivity index (χ3n) is 2.87. The number of nitrogens with one attached hydrogen (secondary N) is 1. The molecule has 0 unspecified atom stereocenters. The molecule has 1 aromatic carbocycles. The Balaban J connectivity index is 2.06. The number of hydrogen-bond acceptors (Lipinski definition) is 4. The van der Waals surface area contributed by atoms with Crippen LogP contribution in [0.1, 0.15) is 18.2 Å². The lowest BCUT2D eigenvalue weighted by atomic mass is 10.1. The largest absolute Gasteiger partial charge is 0.416 e. The molecule has 0 aliphatic carbocycles. The van der Waals surface area contributed by atoms with Gasteiger partial charge in [0, 0.05) is 10.9 Å². The van der Waals surface area contributed by atoms with Gasteiger partial charge in [0.1, 0.15) is 5.01 Å². The highest BCUT2D eigenvalue weighted by Crippen LogP contribution is 2.31. The van der Waals surface area contributed by atoms with Gasteiger partial charge in [-0.3, -0.25) is 4.79 Å². The van der Waals surface area contributed by atoms with E-state index >= 15 is 0 Å². The second kappa shape index (κ2) is 6.45. The van der Waals surface area contributed by atoms with E-state index in [1.165, 1.54) is 23.5 Å². The van der Waals surface area contributed by atoms with E-state index < -0.39 is 17.8 Å². The van der Waals surface area contributed by atoms with Gasteiger partial charge in [-0.2, -0.15) is 13.2 Å². The third-order valence-corrected chi connectivity index (χ3v) is 3.81. The molecule has 0 bridgehead atoms. The van der Waals surface area contributed by atoms with Gasteiger partial charge in [-0.25, -0.2) is 4.98 Å². The first-order valence-electron chi connectivity index (χ1n) is 6.42. The van der Waals surface area contributed by atoms with Gasteiger partial charge >= 0.3 is 6.18 Å². The Morgan fingerprint density at radius 3 is 2.55 bits per heavy atom.